The second-order valence-electron chi connectivity index (χ2n) is 11.2. The van der Waals surface area contributed by atoms with Crippen molar-refractivity contribution in [3.63, 3.8) is 0 Å². The Morgan fingerprint density at radius 1 is 1.00 bits per heavy atom. The number of carbonyl (C=O) groups is 2. The van der Waals surface area contributed by atoms with E-state index in [1.807, 2.05) is 60.7 Å². The van der Waals surface area contributed by atoms with Gasteiger partial charge in [0.25, 0.3) is 0 Å². The summed E-state index contributed by atoms with van der Waals surface area (Å²) in [5, 5.41) is 10.5. The number of imide groups is 1. The van der Waals surface area contributed by atoms with E-state index < -0.39 is 0 Å². The molecule has 2 fully saturated rings. The first-order valence-corrected chi connectivity index (χ1v) is 15.3. The van der Waals surface area contributed by atoms with E-state index in [0.717, 1.165) is 46.9 Å². The molecule has 0 spiro atoms. The number of anilines is 1. The number of hydrogen-bond donors (Lipinski definition) is 1. The third kappa shape index (κ3) is 5.31. The molecule has 0 aromatic heterocycles. The molecule has 41 heavy (non-hydrogen) atoms. The maximum atomic E-state index is 13.8. The van der Waals surface area contributed by atoms with Gasteiger partial charge in [0.15, 0.2) is 0 Å². The second kappa shape index (κ2) is 11.8. The van der Waals surface area contributed by atoms with Crippen LogP contribution in [0.4, 0.5) is 5.69 Å². The summed E-state index contributed by atoms with van der Waals surface area (Å²) in [6, 6.07) is 25.0. The van der Waals surface area contributed by atoms with Crippen LogP contribution in [0.3, 0.4) is 0 Å². The molecule has 1 N–H and O–H groups in total. The largest absolute Gasteiger partial charge is 0.507 e. The molecule has 1 aliphatic carbocycles. The van der Waals surface area contributed by atoms with Crippen LogP contribution in [0, 0.1) is 17.8 Å². The third-order valence-corrected chi connectivity index (χ3v) is 9.21. The maximum absolute atomic E-state index is 13.8. The molecule has 3 aliphatic rings. The van der Waals surface area contributed by atoms with E-state index in [2.05, 4.69) is 41.1 Å². The number of phenolic OH excluding ortho intramolecular Hbond substituents is 1. The van der Waals surface area contributed by atoms with E-state index in [1.165, 1.54) is 16.0 Å². The van der Waals surface area contributed by atoms with Crippen LogP contribution in [-0.2, 0) is 14.3 Å². The highest BCUT2D eigenvalue weighted by Crippen LogP contribution is 2.51. The normalized spacial score (nSPS) is 24.1. The summed E-state index contributed by atoms with van der Waals surface area (Å²) >= 11 is 3.52. The summed E-state index contributed by atoms with van der Waals surface area (Å²) in [6.07, 6.45) is 5.98. The molecule has 0 saturated carbocycles. The summed E-state index contributed by atoms with van der Waals surface area (Å²) in [6.45, 7) is 2.63. The van der Waals surface area contributed by atoms with Crippen molar-refractivity contribution in [1.82, 2.24) is 0 Å². The minimum atomic E-state index is -0.369. The zero-order valence-electron chi connectivity index (χ0n) is 23.1. The highest BCUT2D eigenvalue weighted by molar-refractivity contribution is 9.10. The van der Waals surface area contributed by atoms with E-state index in [-0.39, 0.29) is 41.4 Å². The van der Waals surface area contributed by atoms with Gasteiger partial charge in [-0.05, 0) is 78.8 Å². The topological polar surface area (TPSA) is 66.8 Å². The van der Waals surface area contributed by atoms with E-state index >= 15 is 0 Å². The number of carbonyl (C=O) groups excluding carboxylic acids is 2. The minimum absolute atomic E-state index is 0.0660. The van der Waals surface area contributed by atoms with Gasteiger partial charge in [-0.25, -0.2) is 0 Å². The molecule has 0 radical (unpaired) electrons. The van der Waals surface area contributed by atoms with Gasteiger partial charge in [0.1, 0.15) is 5.75 Å². The summed E-state index contributed by atoms with van der Waals surface area (Å²) in [4.78, 5) is 28.8. The van der Waals surface area contributed by atoms with Crippen LogP contribution in [0.15, 0.2) is 94.5 Å². The number of amides is 2. The number of nitrogens with zero attached hydrogens (tertiary/aromatic N) is 1. The molecule has 6 heteroatoms. The summed E-state index contributed by atoms with van der Waals surface area (Å²) in [5.74, 6) is -0.694. The predicted molar refractivity (Wildman–Crippen MR) is 165 cm³/mol. The number of para-hydroxylation sites is 1. The lowest BCUT2D eigenvalue weighted by atomic mass is 9.68. The van der Waals surface area contributed by atoms with Crippen LogP contribution >= 0.6 is 15.9 Å². The average Bonchev–Trinajstić information content (AvgIpc) is 3.52. The van der Waals surface area contributed by atoms with Crippen molar-refractivity contribution in [3.8, 4) is 5.75 Å². The lowest BCUT2D eigenvalue weighted by Crippen LogP contribution is -2.34. The average molecular weight is 613 g/mol. The van der Waals surface area contributed by atoms with Gasteiger partial charge in [0.05, 0.1) is 30.2 Å². The smallest absolute Gasteiger partial charge is 0.238 e. The van der Waals surface area contributed by atoms with Gasteiger partial charge in [-0.15, -0.1) is 0 Å². The molecule has 210 valence electrons. The second-order valence-corrected chi connectivity index (χ2v) is 12.1. The Bertz CT molecular complexity index is 1510. The van der Waals surface area contributed by atoms with Gasteiger partial charge >= 0.3 is 0 Å². The SMILES string of the molecule is CCCC1=C2[C@@H](CC/C(=C/c3cc(Br)ccc3O)c3ccccc3)OC[C@@H]2[C@@H]2C(=O)N(c3ccccc3)C(=O)[C@@H]2C1. The van der Waals surface area contributed by atoms with Crippen LogP contribution < -0.4 is 4.90 Å². The summed E-state index contributed by atoms with van der Waals surface area (Å²) in [7, 11) is 0. The maximum Gasteiger partial charge on any atom is 0.238 e. The van der Waals surface area contributed by atoms with E-state index in [4.69, 9.17) is 4.74 Å². The Hall–Kier alpha value is -3.48. The lowest BCUT2D eigenvalue weighted by Gasteiger charge is -2.32. The molecule has 3 aromatic carbocycles. The van der Waals surface area contributed by atoms with Crippen molar-refractivity contribution in [1.29, 1.82) is 0 Å². The quantitative estimate of drug-likeness (QED) is 0.160. The van der Waals surface area contributed by atoms with Crippen molar-refractivity contribution in [2.45, 2.75) is 45.1 Å². The monoisotopic (exact) mass is 611 g/mol. The zero-order valence-corrected chi connectivity index (χ0v) is 24.7. The minimum Gasteiger partial charge on any atom is -0.507 e. The Morgan fingerprint density at radius 2 is 1.73 bits per heavy atom. The molecule has 0 unspecified atom stereocenters. The third-order valence-electron chi connectivity index (χ3n) is 8.71. The number of fused-ring (bicyclic) bond motifs is 3. The molecule has 2 amide bonds. The molecule has 2 saturated heterocycles. The fraction of sp³-hybridized carbons (Fsp3) is 0.314. The highest BCUT2D eigenvalue weighted by atomic mass is 79.9. The van der Waals surface area contributed by atoms with Gasteiger partial charge < -0.3 is 9.84 Å². The molecule has 3 aromatic rings. The number of ether oxygens (including phenoxy) is 1. The van der Waals surface area contributed by atoms with Crippen LogP contribution in [0.5, 0.6) is 5.75 Å². The number of hydrogen-bond acceptors (Lipinski definition) is 4. The molecular formula is C35H34BrNO4. The fourth-order valence-electron chi connectivity index (χ4n) is 6.91. The molecule has 4 atom stereocenters. The van der Waals surface area contributed by atoms with E-state index in [1.54, 1.807) is 6.07 Å². The van der Waals surface area contributed by atoms with Crippen LogP contribution in [0.1, 0.15) is 50.2 Å². The molecule has 2 aliphatic heterocycles. The lowest BCUT2D eigenvalue weighted by molar-refractivity contribution is -0.122. The molecule has 2 heterocycles. The van der Waals surface area contributed by atoms with Crippen LogP contribution in [0.2, 0.25) is 0 Å². The first kappa shape index (κ1) is 27.7. The van der Waals surface area contributed by atoms with Gasteiger partial charge in [-0.2, -0.15) is 0 Å². The van der Waals surface area contributed by atoms with Gasteiger partial charge in [0.2, 0.25) is 11.8 Å². The van der Waals surface area contributed by atoms with Gasteiger partial charge in [-0.3, -0.25) is 14.5 Å². The van der Waals surface area contributed by atoms with Crippen molar-refractivity contribution in [2.75, 3.05) is 11.5 Å². The Kier molecular flexibility index (Phi) is 7.96. The molecule has 5 nitrogen and oxygen atoms in total. The standard InChI is InChI=1S/C35H34BrNO4/c1-2-9-24-20-28-33(35(40)37(34(28)39)27-12-7-4-8-13-27)29-21-41-31(32(24)29)17-14-23(22-10-5-3-6-11-22)18-25-19-26(36)15-16-30(25)38/h3-8,10-13,15-16,18-19,28-29,31,33,38H,2,9,14,17,20-21H2,1H3/b23-18-/t28-,29+,31-,33-/m1/s1. The Balaban J connectivity index is 1.29. The van der Waals surface area contributed by atoms with Crippen molar-refractivity contribution in [2.24, 2.45) is 17.8 Å². The van der Waals surface area contributed by atoms with Gasteiger partial charge in [-0.1, -0.05) is 83.4 Å². The number of allylic oxidation sites excluding steroid dienone is 2. The zero-order chi connectivity index (χ0) is 28.5. The summed E-state index contributed by atoms with van der Waals surface area (Å²) in [5.41, 5.74) is 6.17. The van der Waals surface area contributed by atoms with E-state index in [0.29, 0.717) is 18.7 Å². The van der Waals surface area contributed by atoms with Crippen LogP contribution in [0.25, 0.3) is 11.6 Å². The van der Waals surface area contributed by atoms with Crippen molar-refractivity contribution >= 4 is 45.1 Å². The number of phenols is 1. The van der Waals surface area contributed by atoms with Crippen LogP contribution in [-0.4, -0.2) is 29.6 Å². The number of benzene rings is 3. The molecule has 6 rings (SSSR count). The predicted octanol–water partition coefficient (Wildman–Crippen LogP) is 7.80. The molecular weight excluding hydrogens is 578 g/mol. The summed E-state index contributed by atoms with van der Waals surface area (Å²) < 4.78 is 7.37. The fourth-order valence-corrected chi connectivity index (χ4v) is 7.29. The highest BCUT2D eigenvalue weighted by Gasteiger charge is 2.57. The number of rotatable bonds is 8. The van der Waals surface area contributed by atoms with E-state index in [9.17, 15) is 14.7 Å². The first-order valence-electron chi connectivity index (χ1n) is 14.5. The Labute approximate surface area is 249 Å². The molecule has 0 bridgehead atoms. The van der Waals surface area contributed by atoms with Gasteiger partial charge in [0, 0.05) is 16.0 Å². The Morgan fingerprint density at radius 3 is 2.46 bits per heavy atom. The number of halogens is 1. The first-order chi connectivity index (χ1) is 20.0. The van der Waals surface area contributed by atoms with Crippen molar-refractivity contribution in [3.05, 3.63) is 106 Å². The number of aromatic hydroxyl groups is 1. The van der Waals surface area contributed by atoms with Crippen molar-refractivity contribution < 1.29 is 19.4 Å².